The third-order valence-electron chi connectivity index (χ3n) is 2.44. The van der Waals surface area contributed by atoms with Gasteiger partial charge in [0.15, 0.2) is 5.82 Å². The van der Waals surface area contributed by atoms with Crippen molar-refractivity contribution in [3.05, 3.63) is 55.8 Å². The van der Waals surface area contributed by atoms with Gasteiger partial charge in [0, 0.05) is 17.5 Å². The molecule has 5 nitrogen and oxygen atoms in total. The molecule has 20 heavy (non-hydrogen) atoms. The normalized spacial score (nSPS) is 10.1. The highest BCUT2D eigenvalue weighted by Gasteiger charge is 2.20. The minimum absolute atomic E-state index is 0.107. The second kappa shape index (κ2) is 5.63. The van der Waals surface area contributed by atoms with E-state index in [9.17, 15) is 18.9 Å². The van der Waals surface area contributed by atoms with Gasteiger partial charge in [0.2, 0.25) is 0 Å². The minimum atomic E-state index is -1.03. The lowest BCUT2D eigenvalue weighted by atomic mass is 10.2. The molecule has 0 bridgehead atoms. The number of thiophene rings is 1. The van der Waals surface area contributed by atoms with E-state index in [1.54, 1.807) is 12.1 Å². The van der Waals surface area contributed by atoms with Crippen LogP contribution < -0.4 is 5.32 Å². The summed E-state index contributed by atoms with van der Waals surface area (Å²) in [5.41, 5.74) is -1.04. The molecule has 0 spiro atoms. The summed E-state index contributed by atoms with van der Waals surface area (Å²) in [4.78, 5) is 11.1. The molecule has 0 saturated heterocycles. The van der Waals surface area contributed by atoms with Crippen LogP contribution in [0.15, 0.2) is 24.3 Å². The number of benzene rings is 1. The van der Waals surface area contributed by atoms with Crippen molar-refractivity contribution >= 4 is 22.7 Å². The number of rotatable bonds is 4. The SMILES string of the molecule is N#Cc1ccc(CNc2c(F)cc(F)cc2[N+](=O)[O-])s1. The van der Waals surface area contributed by atoms with Crippen LogP contribution in [0.5, 0.6) is 0 Å². The maximum atomic E-state index is 13.6. The zero-order chi connectivity index (χ0) is 14.7. The number of nitrogens with one attached hydrogen (secondary N) is 1. The van der Waals surface area contributed by atoms with Crippen LogP contribution in [0.2, 0.25) is 0 Å². The van der Waals surface area contributed by atoms with Gasteiger partial charge < -0.3 is 5.32 Å². The molecule has 0 unspecified atom stereocenters. The Morgan fingerprint density at radius 1 is 1.40 bits per heavy atom. The van der Waals surface area contributed by atoms with E-state index in [1.807, 2.05) is 6.07 Å². The second-order valence-corrected chi connectivity index (χ2v) is 4.94. The molecular formula is C12H7F2N3O2S. The number of hydrogen-bond donors (Lipinski definition) is 1. The molecule has 0 aliphatic heterocycles. The van der Waals surface area contributed by atoms with E-state index in [2.05, 4.69) is 5.32 Å². The fourth-order valence-corrected chi connectivity index (χ4v) is 2.33. The monoisotopic (exact) mass is 295 g/mol. The van der Waals surface area contributed by atoms with Crippen molar-refractivity contribution in [3.63, 3.8) is 0 Å². The maximum absolute atomic E-state index is 13.6. The van der Waals surface area contributed by atoms with Gasteiger partial charge in [0.1, 0.15) is 22.5 Å². The molecule has 0 amide bonds. The van der Waals surface area contributed by atoms with Gasteiger partial charge >= 0.3 is 0 Å². The molecule has 0 fully saturated rings. The standard InChI is InChI=1S/C12H7F2N3O2S/c13-7-3-10(14)12(11(4-7)17(18)19)16-6-9-2-1-8(5-15)20-9/h1-4,16H,6H2. The summed E-state index contributed by atoms with van der Waals surface area (Å²) in [6.07, 6.45) is 0. The highest BCUT2D eigenvalue weighted by molar-refractivity contribution is 7.12. The molecule has 1 aromatic carbocycles. The molecule has 0 atom stereocenters. The van der Waals surface area contributed by atoms with Gasteiger partial charge in [-0.05, 0) is 12.1 Å². The number of anilines is 1. The lowest BCUT2D eigenvalue weighted by molar-refractivity contribution is -0.384. The third-order valence-corrected chi connectivity index (χ3v) is 3.43. The lowest BCUT2D eigenvalue weighted by Gasteiger charge is -2.07. The molecule has 102 valence electrons. The van der Waals surface area contributed by atoms with Crippen molar-refractivity contribution < 1.29 is 13.7 Å². The average molecular weight is 295 g/mol. The second-order valence-electron chi connectivity index (χ2n) is 3.77. The van der Waals surface area contributed by atoms with E-state index >= 15 is 0 Å². The highest BCUT2D eigenvalue weighted by atomic mass is 32.1. The molecule has 8 heteroatoms. The predicted molar refractivity (Wildman–Crippen MR) is 69.4 cm³/mol. The molecule has 0 saturated carbocycles. The van der Waals surface area contributed by atoms with Gasteiger partial charge in [0.25, 0.3) is 5.69 Å². The molecule has 0 radical (unpaired) electrons. The first-order valence-corrected chi connectivity index (χ1v) is 6.19. The maximum Gasteiger partial charge on any atom is 0.298 e. The van der Waals surface area contributed by atoms with Crippen molar-refractivity contribution in [2.24, 2.45) is 0 Å². The van der Waals surface area contributed by atoms with Crippen LogP contribution >= 0.6 is 11.3 Å². The smallest absolute Gasteiger partial charge is 0.298 e. The fourth-order valence-electron chi connectivity index (χ4n) is 1.59. The summed E-state index contributed by atoms with van der Waals surface area (Å²) in [5, 5.41) is 22.0. The van der Waals surface area contributed by atoms with Crippen molar-refractivity contribution in [1.29, 1.82) is 5.26 Å². The number of nitro groups is 1. The Hall–Kier alpha value is -2.53. The Morgan fingerprint density at radius 2 is 2.15 bits per heavy atom. The van der Waals surface area contributed by atoms with Crippen LogP contribution in [0.4, 0.5) is 20.2 Å². The summed E-state index contributed by atoms with van der Waals surface area (Å²) in [6.45, 7) is 0.107. The summed E-state index contributed by atoms with van der Waals surface area (Å²) >= 11 is 1.19. The van der Waals surface area contributed by atoms with Gasteiger partial charge in [-0.15, -0.1) is 11.3 Å². The molecular weight excluding hydrogens is 288 g/mol. The van der Waals surface area contributed by atoms with E-state index in [0.29, 0.717) is 21.9 Å². The first-order valence-electron chi connectivity index (χ1n) is 5.37. The summed E-state index contributed by atoms with van der Waals surface area (Å²) in [6, 6.07) is 6.43. The van der Waals surface area contributed by atoms with Crippen molar-refractivity contribution in [1.82, 2.24) is 0 Å². The summed E-state index contributed by atoms with van der Waals surface area (Å²) in [5.74, 6) is -2.04. The van der Waals surface area contributed by atoms with Crippen LogP contribution in [0, 0.1) is 33.1 Å². The minimum Gasteiger partial charge on any atom is -0.372 e. The number of hydrogen-bond acceptors (Lipinski definition) is 5. The molecule has 0 aliphatic rings. The lowest BCUT2D eigenvalue weighted by Crippen LogP contribution is -2.04. The van der Waals surface area contributed by atoms with Gasteiger partial charge in [-0.25, -0.2) is 8.78 Å². The number of halogens is 2. The van der Waals surface area contributed by atoms with Crippen LogP contribution in [-0.2, 0) is 6.54 Å². The van der Waals surface area contributed by atoms with Crippen LogP contribution in [-0.4, -0.2) is 4.92 Å². The van der Waals surface area contributed by atoms with Crippen LogP contribution in [0.25, 0.3) is 0 Å². The van der Waals surface area contributed by atoms with Crippen molar-refractivity contribution in [2.75, 3.05) is 5.32 Å². The van der Waals surface area contributed by atoms with E-state index in [-0.39, 0.29) is 12.2 Å². The Kier molecular flexibility index (Phi) is 3.91. The quantitative estimate of drug-likeness (QED) is 0.692. The number of nitro benzene ring substituents is 1. The molecule has 2 aromatic rings. The van der Waals surface area contributed by atoms with E-state index in [0.717, 1.165) is 0 Å². The Labute approximate surface area is 116 Å². The van der Waals surface area contributed by atoms with Crippen molar-refractivity contribution in [3.8, 4) is 6.07 Å². The van der Waals surface area contributed by atoms with Crippen molar-refractivity contribution in [2.45, 2.75) is 6.54 Å². The van der Waals surface area contributed by atoms with Crippen LogP contribution in [0.3, 0.4) is 0 Å². The predicted octanol–water partition coefficient (Wildman–Crippen LogP) is 3.42. The topological polar surface area (TPSA) is 79.0 Å². The summed E-state index contributed by atoms with van der Waals surface area (Å²) in [7, 11) is 0. The largest absolute Gasteiger partial charge is 0.372 e. The highest BCUT2D eigenvalue weighted by Crippen LogP contribution is 2.29. The van der Waals surface area contributed by atoms with Gasteiger partial charge in [-0.1, -0.05) is 0 Å². The van der Waals surface area contributed by atoms with Gasteiger partial charge in [-0.2, -0.15) is 5.26 Å². The number of nitrogens with zero attached hydrogens (tertiary/aromatic N) is 2. The Bertz CT molecular complexity index is 709. The Balaban J connectivity index is 2.25. The van der Waals surface area contributed by atoms with E-state index in [1.165, 1.54) is 11.3 Å². The van der Waals surface area contributed by atoms with Gasteiger partial charge in [0.05, 0.1) is 11.0 Å². The summed E-state index contributed by atoms with van der Waals surface area (Å²) < 4.78 is 26.6. The van der Waals surface area contributed by atoms with E-state index in [4.69, 9.17) is 5.26 Å². The molecule has 1 heterocycles. The third kappa shape index (κ3) is 2.89. The zero-order valence-corrected chi connectivity index (χ0v) is 10.7. The Morgan fingerprint density at radius 3 is 2.75 bits per heavy atom. The van der Waals surface area contributed by atoms with Gasteiger partial charge in [-0.3, -0.25) is 10.1 Å². The number of nitriles is 1. The first-order chi connectivity index (χ1) is 9.51. The molecule has 2 rings (SSSR count). The molecule has 1 aromatic heterocycles. The average Bonchev–Trinajstić information content (AvgIpc) is 2.84. The fraction of sp³-hybridized carbons (Fsp3) is 0.0833. The molecule has 0 aliphatic carbocycles. The zero-order valence-electron chi connectivity index (χ0n) is 9.89. The first kappa shape index (κ1) is 13.9. The van der Waals surface area contributed by atoms with E-state index < -0.39 is 22.2 Å². The molecule has 1 N–H and O–H groups in total. The van der Waals surface area contributed by atoms with Crippen LogP contribution in [0.1, 0.15) is 9.75 Å².